The van der Waals surface area contributed by atoms with Gasteiger partial charge < -0.3 is 9.47 Å². The van der Waals surface area contributed by atoms with Gasteiger partial charge in [-0.2, -0.15) is 0 Å². The Balaban J connectivity index is 2.13. The van der Waals surface area contributed by atoms with Crippen LogP contribution in [0.5, 0.6) is 11.5 Å². The lowest BCUT2D eigenvalue weighted by molar-refractivity contribution is 0.0983. The number of Topliss-reactive ketones (excluding diaryl/α,β-unsaturated/α-hetero) is 1. The van der Waals surface area contributed by atoms with E-state index in [9.17, 15) is 9.18 Å². The number of halogens is 1. The molecule has 0 heterocycles. The molecule has 0 saturated carbocycles. The summed E-state index contributed by atoms with van der Waals surface area (Å²) < 4.78 is 24.1. The Kier molecular flexibility index (Phi) is 4.93. The number of ether oxygens (including phenoxy) is 2. The highest BCUT2D eigenvalue weighted by atomic mass is 19.1. The second-order valence-electron chi connectivity index (χ2n) is 4.53. The molecule has 2 rings (SSSR count). The first kappa shape index (κ1) is 15.0. The zero-order valence-corrected chi connectivity index (χ0v) is 12.1. The molecule has 0 fully saturated rings. The van der Waals surface area contributed by atoms with Crippen molar-refractivity contribution in [2.45, 2.75) is 20.0 Å². The zero-order valence-electron chi connectivity index (χ0n) is 12.1. The first-order valence-corrected chi connectivity index (χ1v) is 6.73. The predicted octanol–water partition coefficient (Wildman–Crippen LogP) is 4.01. The van der Waals surface area contributed by atoms with Crippen molar-refractivity contribution >= 4 is 5.78 Å². The van der Waals surface area contributed by atoms with Gasteiger partial charge in [0.1, 0.15) is 12.4 Å². The molecule has 0 unspecified atom stereocenters. The number of methoxy groups -OCH3 is 1. The van der Waals surface area contributed by atoms with E-state index >= 15 is 0 Å². The molecule has 0 aliphatic heterocycles. The molecule has 110 valence electrons. The first-order chi connectivity index (χ1) is 10.2. The number of hydrogen-bond donors (Lipinski definition) is 0. The smallest absolute Gasteiger partial charge is 0.166 e. The maximum atomic E-state index is 13.6. The van der Waals surface area contributed by atoms with Crippen LogP contribution in [0.4, 0.5) is 4.39 Å². The van der Waals surface area contributed by atoms with Crippen LogP contribution in [0.15, 0.2) is 42.5 Å². The number of rotatable bonds is 6. The van der Waals surface area contributed by atoms with Crippen LogP contribution in [-0.2, 0) is 6.61 Å². The van der Waals surface area contributed by atoms with Gasteiger partial charge in [0.25, 0.3) is 0 Å². The predicted molar refractivity (Wildman–Crippen MR) is 78.3 cm³/mol. The number of ketones is 1. The number of para-hydroxylation sites is 1. The van der Waals surface area contributed by atoms with E-state index in [0.717, 1.165) is 0 Å². The molecule has 0 saturated heterocycles. The fraction of sp³-hybridized carbons (Fsp3) is 0.235. The fourth-order valence-corrected chi connectivity index (χ4v) is 1.97. The normalized spacial score (nSPS) is 10.2. The molecule has 0 bridgehead atoms. The monoisotopic (exact) mass is 288 g/mol. The maximum absolute atomic E-state index is 13.6. The summed E-state index contributed by atoms with van der Waals surface area (Å²) in [5, 5.41) is 0. The summed E-state index contributed by atoms with van der Waals surface area (Å²) in [5.74, 6) is 0.295. The van der Waals surface area contributed by atoms with Gasteiger partial charge in [-0.05, 0) is 29.8 Å². The molecule has 0 aliphatic carbocycles. The molecule has 4 heteroatoms. The minimum absolute atomic E-state index is 0.0199. The van der Waals surface area contributed by atoms with Gasteiger partial charge in [-0.25, -0.2) is 4.39 Å². The third-order valence-electron chi connectivity index (χ3n) is 3.12. The summed E-state index contributed by atoms with van der Waals surface area (Å²) in [4.78, 5) is 11.8. The second-order valence-corrected chi connectivity index (χ2v) is 4.53. The SMILES string of the molecule is CCC(=O)c1ccccc1OCc1ccc(OC)c(F)c1. The quantitative estimate of drug-likeness (QED) is 0.753. The summed E-state index contributed by atoms with van der Waals surface area (Å²) in [6.07, 6.45) is 0.414. The van der Waals surface area contributed by atoms with E-state index in [1.54, 1.807) is 43.3 Å². The lowest BCUT2D eigenvalue weighted by Crippen LogP contribution is -2.03. The summed E-state index contributed by atoms with van der Waals surface area (Å²) >= 11 is 0. The van der Waals surface area contributed by atoms with Gasteiger partial charge >= 0.3 is 0 Å². The fourth-order valence-electron chi connectivity index (χ4n) is 1.97. The molecule has 0 radical (unpaired) electrons. The van der Waals surface area contributed by atoms with Crippen molar-refractivity contribution in [2.75, 3.05) is 7.11 Å². The third-order valence-corrected chi connectivity index (χ3v) is 3.12. The molecule has 0 amide bonds. The van der Waals surface area contributed by atoms with Gasteiger partial charge in [0.2, 0.25) is 0 Å². The standard InChI is InChI=1S/C17H17FO3/c1-3-15(19)13-6-4-5-7-16(13)21-11-12-8-9-17(20-2)14(18)10-12/h4-10H,3,11H2,1-2H3. The molecule has 2 aromatic carbocycles. The summed E-state index contributed by atoms with van der Waals surface area (Å²) in [5.41, 5.74) is 1.22. The van der Waals surface area contributed by atoms with Crippen molar-refractivity contribution in [3.05, 3.63) is 59.4 Å². The third kappa shape index (κ3) is 3.60. The highest BCUT2D eigenvalue weighted by molar-refractivity contribution is 5.98. The number of benzene rings is 2. The van der Waals surface area contributed by atoms with E-state index in [-0.39, 0.29) is 18.1 Å². The van der Waals surface area contributed by atoms with E-state index in [0.29, 0.717) is 23.3 Å². The molecule has 0 N–H and O–H groups in total. The summed E-state index contributed by atoms with van der Waals surface area (Å²) in [7, 11) is 1.42. The van der Waals surface area contributed by atoms with E-state index in [4.69, 9.17) is 9.47 Å². The van der Waals surface area contributed by atoms with E-state index in [1.165, 1.54) is 13.2 Å². The van der Waals surface area contributed by atoms with Crippen molar-refractivity contribution < 1.29 is 18.7 Å². The van der Waals surface area contributed by atoms with Crippen molar-refractivity contribution in [1.29, 1.82) is 0 Å². The van der Waals surface area contributed by atoms with Crippen LogP contribution in [0, 0.1) is 5.82 Å². The van der Waals surface area contributed by atoms with Crippen molar-refractivity contribution in [2.24, 2.45) is 0 Å². The lowest BCUT2D eigenvalue weighted by Gasteiger charge is -2.11. The first-order valence-electron chi connectivity index (χ1n) is 6.73. The zero-order chi connectivity index (χ0) is 15.2. The van der Waals surface area contributed by atoms with Gasteiger partial charge in [-0.15, -0.1) is 0 Å². The van der Waals surface area contributed by atoms with Crippen LogP contribution >= 0.6 is 0 Å². The number of carbonyl (C=O) groups excluding carboxylic acids is 1. The average molecular weight is 288 g/mol. The van der Waals surface area contributed by atoms with Gasteiger partial charge in [0.05, 0.1) is 12.7 Å². The van der Waals surface area contributed by atoms with Crippen molar-refractivity contribution in [3.8, 4) is 11.5 Å². The van der Waals surface area contributed by atoms with E-state index < -0.39 is 5.82 Å². The summed E-state index contributed by atoms with van der Waals surface area (Å²) in [6, 6.07) is 11.7. The maximum Gasteiger partial charge on any atom is 0.166 e. The van der Waals surface area contributed by atoms with Crippen molar-refractivity contribution in [1.82, 2.24) is 0 Å². The topological polar surface area (TPSA) is 35.5 Å². The highest BCUT2D eigenvalue weighted by Crippen LogP contribution is 2.22. The molecule has 0 atom stereocenters. The average Bonchev–Trinajstić information content (AvgIpc) is 2.52. The van der Waals surface area contributed by atoms with E-state index in [2.05, 4.69) is 0 Å². The molecule has 0 spiro atoms. The van der Waals surface area contributed by atoms with Gasteiger partial charge in [0, 0.05) is 6.42 Å². The molecule has 3 nitrogen and oxygen atoms in total. The van der Waals surface area contributed by atoms with Gasteiger partial charge in [-0.1, -0.05) is 25.1 Å². The molecular weight excluding hydrogens is 271 g/mol. The van der Waals surface area contributed by atoms with Crippen LogP contribution in [0.3, 0.4) is 0 Å². The van der Waals surface area contributed by atoms with Crippen molar-refractivity contribution in [3.63, 3.8) is 0 Å². The largest absolute Gasteiger partial charge is 0.494 e. The Morgan fingerprint density at radius 3 is 2.57 bits per heavy atom. The Labute approximate surface area is 123 Å². The Morgan fingerprint density at radius 1 is 1.14 bits per heavy atom. The molecule has 2 aromatic rings. The minimum atomic E-state index is -0.434. The lowest BCUT2D eigenvalue weighted by atomic mass is 10.1. The number of hydrogen-bond acceptors (Lipinski definition) is 3. The molecule has 0 aliphatic rings. The summed E-state index contributed by atoms with van der Waals surface area (Å²) in [6.45, 7) is 1.99. The van der Waals surface area contributed by atoms with Crippen LogP contribution in [0.25, 0.3) is 0 Å². The van der Waals surface area contributed by atoms with Crippen LogP contribution < -0.4 is 9.47 Å². The second kappa shape index (κ2) is 6.88. The van der Waals surface area contributed by atoms with E-state index in [1.807, 2.05) is 0 Å². The Morgan fingerprint density at radius 2 is 1.90 bits per heavy atom. The molecular formula is C17H17FO3. The number of carbonyl (C=O) groups is 1. The van der Waals surface area contributed by atoms with Gasteiger partial charge in [0.15, 0.2) is 17.3 Å². The van der Waals surface area contributed by atoms with Crippen LogP contribution in [-0.4, -0.2) is 12.9 Å². The van der Waals surface area contributed by atoms with Crippen LogP contribution in [0.1, 0.15) is 29.3 Å². The molecule has 0 aromatic heterocycles. The van der Waals surface area contributed by atoms with Crippen LogP contribution in [0.2, 0.25) is 0 Å². The Bertz CT molecular complexity index is 638. The Hall–Kier alpha value is -2.36. The minimum Gasteiger partial charge on any atom is -0.494 e. The van der Waals surface area contributed by atoms with Gasteiger partial charge in [-0.3, -0.25) is 4.79 Å². The highest BCUT2D eigenvalue weighted by Gasteiger charge is 2.10. The molecule has 21 heavy (non-hydrogen) atoms.